The third-order valence-corrected chi connectivity index (χ3v) is 7.98. The first-order valence-electron chi connectivity index (χ1n) is 10.7. The summed E-state index contributed by atoms with van der Waals surface area (Å²) in [5.74, 6) is 2.19. The van der Waals surface area contributed by atoms with Crippen LogP contribution in [-0.4, -0.2) is 26.8 Å². The SMILES string of the molecule is C=CCn1c(SC(C)C(=O)NC(C)C2CC3CCC2C3)nc2cc(Cl)ccc2c1=O. The van der Waals surface area contributed by atoms with Crippen LogP contribution in [0.1, 0.15) is 39.5 Å². The lowest BCUT2D eigenvalue weighted by molar-refractivity contribution is -0.121. The largest absolute Gasteiger partial charge is 0.352 e. The quantitative estimate of drug-likeness (QED) is 0.382. The molecule has 2 aromatic rings. The second kappa shape index (κ2) is 8.75. The monoisotopic (exact) mass is 445 g/mol. The van der Waals surface area contributed by atoms with E-state index >= 15 is 0 Å². The molecular weight excluding hydrogens is 418 g/mol. The van der Waals surface area contributed by atoms with E-state index in [1.165, 1.54) is 37.4 Å². The minimum Gasteiger partial charge on any atom is -0.352 e. The molecule has 0 spiro atoms. The van der Waals surface area contributed by atoms with Gasteiger partial charge in [0.1, 0.15) is 0 Å². The summed E-state index contributed by atoms with van der Waals surface area (Å²) in [7, 11) is 0. The van der Waals surface area contributed by atoms with E-state index in [0.29, 0.717) is 33.5 Å². The van der Waals surface area contributed by atoms with Gasteiger partial charge in [-0.05, 0) is 69.1 Å². The molecule has 5 unspecified atom stereocenters. The van der Waals surface area contributed by atoms with Crippen LogP contribution in [0.5, 0.6) is 0 Å². The van der Waals surface area contributed by atoms with Gasteiger partial charge in [-0.2, -0.15) is 0 Å². The highest BCUT2D eigenvalue weighted by Crippen LogP contribution is 2.49. The minimum absolute atomic E-state index is 0.0131. The lowest BCUT2D eigenvalue weighted by Gasteiger charge is -2.29. The van der Waals surface area contributed by atoms with Crippen LogP contribution in [0.4, 0.5) is 0 Å². The maximum Gasteiger partial charge on any atom is 0.262 e. The van der Waals surface area contributed by atoms with Crippen LogP contribution in [0.15, 0.2) is 40.8 Å². The molecule has 2 saturated carbocycles. The predicted octanol–water partition coefficient (Wildman–Crippen LogP) is 4.66. The molecule has 1 N–H and O–H groups in total. The van der Waals surface area contributed by atoms with Crippen LogP contribution in [-0.2, 0) is 11.3 Å². The van der Waals surface area contributed by atoms with E-state index in [4.69, 9.17) is 11.6 Å². The Balaban J connectivity index is 1.52. The van der Waals surface area contributed by atoms with Gasteiger partial charge < -0.3 is 5.32 Å². The minimum atomic E-state index is -0.370. The molecule has 30 heavy (non-hydrogen) atoms. The van der Waals surface area contributed by atoms with E-state index in [1.807, 2.05) is 6.92 Å². The Morgan fingerprint density at radius 2 is 2.20 bits per heavy atom. The molecule has 1 aromatic carbocycles. The number of carbonyl (C=O) groups is 1. The van der Waals surface area contributed by atoms with Crippen molar-refractivity contribution in [1.82, 2.24) is 14.9 Å². The molecule has 0 radical (unpaired) electrons. The van der Waals surface area contributed by atoms with E-state index in [1.54, 1.807) is 28.8 Å². The first-order valence-corrected chi connectivity index (χ1v) is 11.9. The van der Waals surface area contributed by atoms with Gasteiger partial charge in [0, 0.05) is 17.6 Å². The van der Waals surface area contributed by atoms with Gasteiger partial charge in [0.2, 0.25) is 5.91 Å². The molecule has 0 aliphatic heterocycles. The van der Waals surface area contributed by atoms with Crippen molar-refractivity contribution in [3.05, 3.63) is 46.2 Å². The number of carbonyl (C=O) groups excluding carboxylic acids is 1. The maximum absolute atomic E-state index is 12.9. The number of halogens is 1. The summed E-state index contributed by atoms with van der Waals surface area (Å²) in [4.78, 5) is 30.5. The second-order valence-corrected chi connectivity index (χ2v) is 10.4. The van der Waals surface area contributed by atoms with Gasteiger partial charge in [0.15, 0.2) is 5.16 Å². The van der Waals surface area contributed by atoms with Gasteiger partial charge in [-0.15, -0.1) is 6.58 Å². The van der Waals surface area contributed by atoms with E-state index in [-0.39, 0.29) is 22.8 Å². The van der Waals surface area contributed by atoms with E-state index < -0.39 is 0 Å². The normalized spacial score (nSPS) is 24.7. The molecule has 4 rings (SSSR count). The van der Waals surface area contributed by atoms with Gasteiger partial charge in [-0.1, -0.05) is 35.9 Å². The van der Waals surface area contributed by atoms with Crippen LogP contribution >= 0.6 is 23.4 Å². The van der Waals surface area contributed by atoms with Crippen molar-refractivity contribution in [2.24, 2.45) is 17.8 Å². The highest BCUT2D eigenvalue weighted by molar-refractivity contribution is 8.00. The third-order valence-electron chi connectivity index (χ3n) is 6.65. The third kappa shape index (κ3) is 4.17. The number of fused-ring (bicyclic) bond motifs is 3. The number of rotatable bonds is 7. The first kappa shape index (κ1) is 21.4. The summed E-state index contributed by atoms with van der Waals surface area (Å²) < 4.78 is 1.57. The average molecular weight is 446 g/mol. The summed E-state index contributed by atoms with van der Waals surface area (Å²) in [5, 5.41) is 4.39. The Morgan fingerprint density at radius 3 is 2.87 bits per heavy atom. The van der Waals surface area contributed by atoms with Crippen molar-refractivity contribution in [2.45, 2.75) is 62.5 Å². The molecule has 2 bridgehead atoms. The zero-order valence-corrected chi connectivity index (χ0v) is 19.0. The lowest BCUT2D eigenvalue weighted by atomic mass is 9.84. The number of thioether (sulfide) groups is 1. The predicted molar refractivity (Wildman–Crippen MR) is 123 cm³/mol. The lowest BCUT2D eigenvalue weighted by Crippen LogP contribution is -2.43. The van der Waals surface area contributed by atoms with Crippen molar-refractivity contribution >= 4 is 40.2 Å². The number of hydrogen-bond acceptors (Lipinski definition) is 4. The van der Waals surface area contributed by atoms with Gasteiger partial charge in [0.05, 0.1) is 16.2 Å². The smallest absolute Gasteiger partial charge is 0.262 e. The van der Waals surface area contributed by atoms with E-state index in [0.717, 1.165) is 11.8 Å². The summed E-state index contributed by atoms with van der Waals surface area (Å²) in [6.45, 7) is 8.08. The molecule has 1 amide bonds. The number of allylic oxidation sites excluding steroid dienone is 1. The Kier molecular flexibility index (Phi) is 6.26. The molecule has 2 aliphatic rings. The molecule has 5 atom stereocenters. The molecule has 0 saturated heterocycles. The summed E-state index contributed by atoms with van der Waals surface area (Å²) in [6, 6.07) is 5.23. The molecule has 1 aromatic heterocycles. The van der Waals surface area contributed by atoms with Crippen LogP contribution in [0.2, 0.25) is 5.02 Å². The topological polar surface area (TPSA) is 64.0 Å². The van der Waals surface area contributed by atoms with Crippen LogP contribution < -0.4 is 10.9 Å². The van der Waals surface area contributed by atoms with Gasteiger partial charge in [-0.3, -0.25) is 14.2 Å². The van der Waals surface area contributed by atoms with Crippen molar-refractivity contribution in [3.63, 3.8) is 0 Å². The Labute approximate surface area is 186 Å². The summed E-state index contributed by atoms with van der Waals surface area (Å²) in [6.07, 6.45) is 6.88. The van der Waals surface area contributed by atoms with Crippen LogP contribution in [0.3, 0.4) is 0 Å². The van der Waals surface area contributed by atoms with Gasteiger partial charge in [0.25, 0.3) is 5.56 Å². The Hall–Kier alpha value is -1.79. The highest BCUT2D eigenvalue weighted by Gasteiger charge is 2.42. The van der Waals surface area contributed by atoms with Crippen molar-refractivity contribution in [2.75, 3.05) is 0 Å². The fourth-order valence-corrected chi connectivity index (χ4v) is 6.21. The van der Waals surface area contributed by atoms with Gasteiger partial charge in [-0.25, -0.2) is 4.98 Å². The molecule has 1 heterocycles. The van der Waals surface area contributed by atoms with E-state index in [2.05, 4.69) is 23.8 Å². The van der Waals surface area contributed by atoms with Crippen LogP contribution in [0, 0.1) is 17.8 Å². The molecule has 5 nitrogen and oxygen atoms in total. The number of nitrogens with one attached hydrogen (secondary N) is 1. The zero-order chi connectivity index (χ0) is 21.4. The Bertz CT molecular complexity index is 1040. The standard InChI is InChI=1S/C23H28ClN3O2S/c1-4-9-27-22(29)18-8-7-17(24)12-20(18)26-23(27)30-14(3)21(28)25-13(2)19-11-15-5-6-16(19)10-15/h4,7-8,12-16,19H,1,5-6,9-11H2,2-3H3,(H,25,28). The second-order valence-electron chi connectivity index (χ2n) is 8.66. The first-order chi connectivity index (χ1) is 14.4. The maximum atomic E-state index is 12.9. The fraction of sp³-hybridized carbons (Fsp3) is 0.522. The van der Waals surface area contributed by atoms with Crippen molar-refractivity contribution in [3.8, 4) is 0 Å². The molecule has 2 aliphatic carbocycles. The van der Waals surface area contributed by atoms with Crippen molar-refractivity contribution < 1.29 is 4.79 Å². The molecule has 7 heteroatoms. The summed E-state index contributed by atoms with van der Waals surface area (Å²) >= 11 is 7.39. The number of nitrogens with zero attached hydrogens (tertiary/aromatic N) is 2. The highest BCUT2D eigenvalue weighted by atomic mass is 35.5. The van der Waals surface area contributed by atoms with Crippen LogP contribution in [0.25, 0.3) is 10.9 Å². The van der Waals surface area contributed by atoms with Crippen molar-refractivity contribution in [1.29, 1.82) is 0 Å². The summed E-state index contributed by atoms with van der Waals surface area (Å²) in [5.41, 5.74) is 0.389. The fourth-order valence-electron chi connectivity index (χ4n) is 5.12. The van der Waals surface area contributed by atoms with E-state index in [9.17, 15) is 9.59 Å². The molecule has 2 fully saturated rings. The number of amides is 1. The number of aromatic nitrogens is 2. The zero-order valence-electron chi connectivity index (χ0n) is 17.4. The number of hydrogen-bond donors (Lipinski definition) is 1. The molecular formula is C23H28ClN3O2S. The molecule has 160 valence electrons. The Morgan fingerprint density at radius 1 is 1.40 bits per heavy atom. The van der Waals surface area contributed by atoms with Gasteiger partial charge >= 0.3 is 0 Å². The number of benzene rings is 1. The average Bonchev–Trinajstić information content (AvgIpc) is 3.34.